The SMILES string of the molecule is COc1ccc([C@H]2C(=C(O)c3c(C)n[nH]c3C)C(=O)C(=O)N2CCN(C)C)cc1OC. The molecule has 0 bridgehead atoms. The summed E-state index contributed by atoms with van der Waals surface area (Å²) in [4.78, 5) is 29.5. The highest BCUT2D eigenvalue weighted by Gasteiger charge is 2.46. The molecule has 166 valence electrons. The fourth-order valence-electron chi connectivity index (χ4n) is 3.82. The smallest absolute Gasteiger partial charge is 0.295 e. The molecule has 1 aliphatic heterocycles. The molecule has 0 radical (unpaired) electrons. The molecule has 2 N–H and O–H groups in total. The summed E-state index contributed by atoms with van der Waals surface area (Å²) < 4.78 is 10.7. The van der Waals surface area contributed by atoms with Crippen LogP contribution in [-0.4, -0.2) is 78.2 Å². The third-order valence-corrected chi connectivity index (χ3v) is 5.42. The number of Topliss-reactive ketones (excluding diaryl/α,β-unsaturated/α-hetero) is 1. The van der Waals surface area contributed by atoms with Crippen LogP contribution in [0.1, 0.15) is 28.6 Å². The van der Waals surface area contributed by atoms with Crippen molar-refractivity contribution < 1.29 is 24.2 Å². The van der Waals surface area contributed by atoms with Crippen molar-refractivity contribution in [3.05, 3.63) is 46.3 Å². The molecule has 0 aliphatic carbocycles. The number of nitrogens with zero attached hydrogens (tertiary/aromatic N) is 3. The number of rotatable bonds is 7. The minimum absolute atomic E-state index is 0.0311. The molecule has 1 aliphatic rings. The van der Waals surface area contributed by atoms with Crippen LogP contribution < -0.4 is 9.47 Å². The zero-order valence-corrected chi connectivity index (χ0v) is 18.6. The number of hydrogen-bond acceptors (Lipinski definition) is 7. The third kappa shape index (κ3) is 4.00. The Morgan fingerprint density at radius 3 is 2.42 bits per heavy atom. The molecule has 2 aromatic rings. The Bertz CT molecular complexity index is 1020. The van der Waals surface area contributed by atoms with E-state index in [4.69, 9.17) is 9.47 Å². The molecule has 2 heterocycles. The van der Waals surface area contributed by atoms with E-state index < -0.39 is 17.7 Å². The minimum atomic E-state index is -0.770. The molecule has 1 aromatic carbocycles. The highest BCUT2D eigenvalue weighted by molar-refractivity contribution is 6.46. The van der Waals surface area contributed by atoms with Crippen molar-refractivity contribution in [3.8, 4) is 11.5 Å². The summed E-state index contributed by atoms with van der Waals surface area (Å²) in [6, 6.07) is 4.44. The quantitative estimate of drug-likeness (QED) is 0.395. The third-order valence-electron chi connectivity index (χ3n) is 5.42. The molecule has 3 rings (SSSR count). The van der Waals surface area contributed by atoms with E-state index in [0.29, 0.717) is 47.1 Å². The van der Waals surface area contributed by atoms with Gasteiger partial charge < -0.3 is 24.4 Å². The van der Waals surface area contributed by atoms with Gasteiger partial charge in [-0.2, -0.15) is 5.10 Å². The van der Waals surface area contributed by atoms with Crippen molar-refractivity contribution in [2.75, 3.05) is 41.4 Å². The van der Waals surface area contributed by atoms with Gasteiger partial charge in [-0.15, -0.1) is 0 Å². The number of benzene rings is 1. The van der Waals surface area contributed by atoms with Crippen LogP contribution in [0.25, 0.3) is 5.76 Å². The number of aromatic nitrogens is 2. The van der Waals surface area contributed by atoms with Crippen molar-refractivity contribution in [1.29, 1.82) is 0 Å². The number of hydrogen-bond donors (Lipinski definition) is 2. The van der Waals surface area contributed by atoms with Crippen molar-refractivity contribution in [1.82, 2.24) is 20.0 Å². The number of carbonyl (C=O) groups excluding carboxylic acids is 2. The number of ketones is 1. The Hall–Kier alpha value is -3.33. The maximum absolute atomic E-state index is 13.1. The summed E-state index contributed by atoms with van der Waals surface area (Å²) in [6.45, 7) is 4.35. The standard InChI is InChI=1S/C22H28N4O5/c1-12-17(13(2)24-23-12)20(27)18-19(14-7-8-15(30-5)16(11-14)31-6)26(10-9-25(3)4)22(29)21(18)28/h7-8,11,19,27H,9-10H2,1-6H3,(H,23,24)/t19-/m0/s1. The van der Waals surface area contributed by atoms with E-state index >= 15 is 0 Å². The largest absolute Gasteiger partial charge is 0.507 e. The molecular weight excluding hydrogens is 400 g/mol. The van der Waals surface area contributed by atoms with Crippen LogP contribution in [0.4, 0.5) is 0 Å². The van der Waals surface area contributed by atoms with Gasteiger partial charge in [-0.3, -0.25) is 14.7 Å². The normalized spacial score (nSPS) is 18.2. The number of aliphatic hydroxyl groups excluding tert-OH is 1. The van der Waals surface area contributed by atoms with Gasteiger partial charge in [-0.1, -0.05) is 6.07 Å². The average molecular weight is 428 g/mol. The Morgan fingerprint density at radius 2 is 1.87 bits per heavy atom. The second-order valence-electron chi connectivity index (χ2n) is 7.72. The van der Waals surface area contributed by atoms with Gasteiger partial charge in [0.2, 0.25) is 0 Å². The number of ether oxygens (including phenoxy) is 2. The van der Waals surface area contributed by atoms with Gasteiger partial charge in [-0.25, -0.2) is 0 Å². The first-order chi connectivity index (χ1) is 14.7. The van der Waals surface area contributed by atoms with E-state index in [-0.39, 0.29) is 11.3 Å². The number of H-pyrrole nitrogens is 1. The molecule has 31 heavy (non-hydrogen) atoms. The van der Waals surface area contributed by atoms with Crippen LogP contribution in [-0.2, 0) is 9.59 Å². The van der Waals surface area contributed by atoms with Gasteiger partial charge in [0.05, 0.1) is 37.1 Å². The molecule has 9 nitrogen and oxygen atoms in total. The maximum Gasteiger partial charge on any atom is 0.295 e. The number of aliphatic hydroxyl groups is 1. The number of aryl methyl sites for hydroxylation is 2. The number of carbonyl (C=O) groups is 2. The number of amides is 1. The van der Waals surface area contributed by atoms with Crippen LogP contribution >= 0.6 is 0 Å². The van der Waals surface area contributed by atoms with Gasteiger partial charge in [0.15, 0.2) is 11.5 Å². The van der Waals surface area contributed by atoms with Gasteiger partial charge in [0.1, 0.15) is 5.76 Å². The predicted molar refractivity (Wildman–Crippen MR) is 115 cm³/mol. The van der Waals surface area contributed by atoms with E-state index in [1.807, 2.05) is 19.0 Å². The molecule has 9 heteroatoms. The molecule has 0 unspecified atom stereocenters. The summed E-state index contributed by atoms with van der Waals surface area (Å²) in [5, 5.41) is 18.1. The zero-order chi connectivity index (χ0) is 22.9. The van der Waals surface area contributed by atoms with Gasteiger partial charge in [0.25, 0.3) is 11.7 Å². The highest BCUT2D eigenvalue weighted by atomic mass is 16.5. The summed E-state index contributed by atoms with van der Waals surface area (Å²) >= 11 is 0. The Balaban J connectivity index is 2.22. The lowest BCUT2D eigenvalue weighted by atomic mass is 9.94. The number of aromatic amines is 1. The zero-order valence-electron chi connectivity index (χ0n) is 18.6. The molecule has 1 aromatic heterocycles. The molecule has 0 spiro atoms. The Morgan fingerprint density at radius 1 is 1.19 bits per heavy atom. The van der Waals surface area contributed by atoms with E-state index in [0.717, 1.165) is 0 Å². The molecular formula is C22H28N4O5. The van der Waals surface area contributed by atoms with E-state index in [1.54, 1.807) is 32.0 Å². The van der Waals surface area contributed by atoms with Crippen LogP contribution in [0.2, 0.25) is 0 Å². The topological polar surface area (TPSA) is 108 Å². The first-order valence-corrected chi connectivity index (χ1v) is 9.88. The van der Waals surface area contributed by atoms with Crippen LogP contribution in [0.3, 0.4) is 0 Å². The lowest BCUT2D eigenvalue weighted by Gasteiger charge is -2.27. The maximum atomic E-state index is 13.1. The fraction of sp³-hybridized carbons (Fsp3) is 0.409. The number of nitrogens with one attached hydrogen (secondary N) is 1. The van der Waals surface area contributed by atoms with Crippen molar-refractivity contribution in [2.45, 2.75) is 19.9 Å². The first-order valence-electron chi connectivity index (χ1n) is 9.88. The average Bonchev–Trinajstić information content (AvgIpc) is 3.21. The summed E-state index contributed by atoms with van der Waals surface area (Å²) in [5.74, 6) is -0.626. The lowest BCUT2D eigenvalue weighted by Crippen LogP contribution is -2.35. The monoisotopic (exact) mass is 428 g/mol. The molecule has 1 fully saturated rings. The number of likely N-dealkylation sites (N-methyl/N-ethyl adjacent to an activating group) is 1. The Kier molecular flexibility index (Phi) is 6.35. The summed E-state index contributed by atoms with van der Waals surface area (Å²) in [7, 11) is 6.83. The van der Waals surface area contributed by atoms with Crippen LogP contribution in [0.15, 0.2) is 23.8 Å². The molecule has 1 saturated heterocycles. The summed E-state index contributed by atoms with van der Waals surface area (Å²) in [6.07, 6.45) is 0. The Labute approximate surface area is 181 Å². The van der Waals surface area contributed by atoms with E-state index in [9.17, 15) is 14.7 Å². The van der Waals surface area contributed by atoms with Gasteiger partial charge in [0, 0.05) is 18.8 Å². The second-order valence-corrected chi connectivity index (χ2v) is 7.72. The van der Waals surface area contributed by atoms with Crippen LogP contribution in [0.5, 0.6) is 11.5 Å². The van der Waals surface area contributed by atoms with E-state index in [1.165, 1.54) is 19.1 Å². The number of methoxy groups -OCH3 is 2. The first kappa shape index (κ1) is 22.4. The highest BCUT2D eigenvalue weighted by Crippen LogP contribution is 2.42. The van der Waals surface area contributed by atoms with Crippen molar-refractivity contribution >= 4 is 17.4 Å². The van der Waals surface area contributed by atoms with Crippen molar-refractivity contribution in [3.63, 3.8) is 0 Å². The van der Waals surface area contributed by atoms with Gasteiger partial charge in [-0.05, 0) is 45.6 Å². The minimum Gasteiger partial charge on any atom is -0.507 e. The number of likely N-dealkylation sites (tertiary alicyclic amines) is 1. The molecule has 1 amide bonds. The lowest BCUT2D eigenvalue weighted by molar-refractivity contribution is -0.140. The predicted octanol–water partition coefficient (Wildman–Crippen LogP) is 2.03. The molecule has 0 saturated carbocycles. The van der Waals surface area contributed by atoms with Gasteiger partial charge >= 0.3 is 0 Å². The summed E-state index contributed by atoms with van der Waals surface area (Å²) in [5.41, 5.74) is 2.25. The van der Waals surface area contributed by atoms with E-state index in [2.05, 4.69) is 10.2 Å². The van der Waals surface area contributed by atoms with Crippen molar-refractivity contribution in [2.24, 2.45) is 0 Å². The fourth-order valence-corrected chi connectivity index (χ4v) is 3.82. The molecule has 1 atom stereocenters. The van der Waals surface area contributed by atoms with Crippen LogP contribution in [0, 0.1) is 13.8 Å². The second kappa shape index (κ2) is 8.81.